The van der Waals surface area contributed by atoms with E-state index < -0.39 is 0 Å². The van der Waals surface area contributed by atoms with Gasteiger partial charge in [-0.05, 0) is 30.3 Å². The number of anilines is 2. The second-order valence-corrected chi connectivity index (χ2v) is 6.28. The molecule has 0 saturated carbocycles. The summed E-state index contributed by atoms with van der Waals surface area (Å²) >= 11 is 6.00. The summed E-state index contributed by atoms with van der Waals surface area (Å²) in [5.41, 5.74) is 2.00. The predicted octanol–water partition coefficient (Wildman–Crippen LogP) is 3.31. The molecule has 2 N–H and O–H groups in total. The van der Waals surface area contributed by atoms with E-state index in [2.05, 4.69) is 20.2 Å². The van der Waals surface area contributed by atoms with Gasteiger partial charge < -0.3 is 19.9 Å². The summed E-state index contributed by atoms with van der Waals surface area (Å²) in [7, 11) is 0. The van der Waals surface area contributed by atoms with Crippen molar-refractivity contribution in [1.82, 2.24) is 9.97 Å². The molecule has 128 valence electrons. The van der Waals surface area contributed by atoms with E-state index in [0.717, 1.165) is 29.8 Å². The van der Waals surface area contributed by atoms with E-state index in [1.807, 2.05) is 24.3 Å². The molecular formula is C18H17ClN4O2. The van der Waals surface area contributed by atoms with Crippen LogP contribution in [0, 0.1) is 0 Å². The van der Waals surface area contributed by atoms with E-state index in [4.69, 9.17) is 16.3 Å². The number of aromatic nitrogens is 2. The molecule has 25 heavy (non-hydrogen) atoms. The number of carbonyl (C=O) groups is 1. The number of nitrogens with one attached hydrogen (secondary N) is 2. The molecule has 1 fully saturated rings. The highest BCUT2D eigenvalue weighted by atomic mass is 35.5. The molecule has 4 rings (SSSR count). The fraction of sp³-hybridized carbons (Fsp3) is 0.222. The molecule has 3 aromatic rings. The van der Waals surface area contributed by atoms with Crippen molar-refractivity contribution in [1.29, 1.82) is 0 Å². The van der Waals surface area contributed by atoms with E-state index in [1.54, 1.807) is 18.3 Å². The molecule has 1 aliphatic heterocycles. The first-order chi connectivity index (χ1) is 12.2. The average Bonchev–Trinajstić information content (AvgIpc) is 3.06. The van der Waals surface area contributed by atoms with Crippen LogP contribution in [0.1, 0.15) is 10.5 Å². The lowest BCUT2D eigenvalue weighted by Crippen LogP contribution is -2.37. The van der Waals surface area contributed by atoms with Gasteiger partial charge in [0.15, 0.2) is 5.82 Å². The third-order valence-corrected chi connectivity index (χ3v) is 4.41. The number of hydrogen-bond donors (Lipinski definition) is 2. The van der Waals surface area contributed by atoms with Gasteiger partial charge in [0.1, 0.15) is 5.69 Å². The van der Waals surface area contributed by atoms with Crippen molar-refractivity contribution in [3.8, 4) is 0 Å². The van der Waals surface area contributed by atoms with Crippen LogP contribution >= 0.6 is 11.6 Å². The number of amides is 1. The van der Waals surface area contributed by atoms with Gasteiger partial charge in [-0.1, -0.05) is 17.7 Å². The number of hydrogen-bond acceptors (Lipinski definition) is 4. The van der Waals surface area contributed by atoms with Crippen molar-refractivity contribution < 1.29 is 9.53 Å². The standard InChI is InChI=1S/C18H17ClN4O2/c19-13-4-3-12-10-16(21-15(12)11-13)18(24)22-14-2-1-5-20-17(14)23-6-8-25-9-7-23/h1-5,10-11,21H,6-9H2,(H,22,24). The molecule has 6 nitrogen and oxygen atoms in total. The molecule has 1 saturated heterocycles. The van der Waals surface area contributed by atoms with Crippen LogP contribution in [0.25, 0.3) is 10.9 Å². The van der Waals surface area contributed by atoms with Crippen molar-refractivity contribution in [2.75, 3.05) is 36.5 Å². The number of H-pyrrole nitrogens is 1. The third kappa shape index (κ3) is 3.31. The number of rotatable bonds is 3. The van der Waals surface area contributed by atoms with Gasteiger partial charge in [0.05, 0.1) is 18.9 Å². The zero-order chi connectivity index (χ0) is 17.2. The normalized spacial score (nSPS) is 14.7. The number of aromatic amines is 1. The molecule has 0 radical (unpaired) electrons. The number of benzene rings is 1. The van der Waals surface area contributed by atoms with Crippen LogP contribution in [0.2, 0.25) is 5.02 Å². The van der Waals surface area contributed by atoms with Crippen molar-refractivity contribution in [3.05, 3.63) is 53.3 Å². The van der Waals surface area contributed by atoms with Crippen molar-refractivity contribution in [2.45, 2.75) is 0 Å². The number of halogens is 1. The second kappa shape index (κ2) is 6.74. The van der Waals surface area contributed by atoms with Gasteiger partial charge >= 0.3 is 0 Å². The maximum Gasteiger partial charge on any atom is 0.272 e. The Morgan fingerprint density at radius 2 is 2.08 bits per heavy atom. The molecule has 0 atom stereocenters. The summed E-state index contributed by atoms with van der Waals surface area (Å²) in [6.45, 7) is 2.83. The van der Waals surface area contributed by atoms with Gasteiger partial charge in [-0.3, -0.25) is 4.79 Å². The van der Waals surface area contributed by atoms with Crippen molar-refractivity contribution in [3.63, 3.8) is 0 Å². The Hall–Kier alpha value is -2.57. The van der Waals surface area contributed by atoms with E-state index in [-0.39, 0.29) is 5.91 Å². The van der Waals surface area contributed by atoms with Crippen molar-refractivity contribution >= 4 is 39.9 Å². The van der Waals surface area contributed by atoms with Gasteiger partial charge in [0.25, 0.3) is 5.91 Å². The average molecular weight is 357 g/mol. The summed E-state index contributed by atoms with van der Waals surface area (Å²) < 4.78 is 5.38. The molecule has 3 heterocycles. The molecule has 1 amide bonds. The lowest BCUT2D eigenvalue weighted by atomic mass is 10.2. The van der Waals surface area contributed by atoms with Crippen LogP contribution in [0.3, 0.4) is 0 Å². The maximum absolute atomic E-state index is 12.7. The monoisotopic (exact) mass is 356 g/mol. The van der Waals surface area contributed by atoms with Crippen molar-refractivity contribution in [2.24, 2.45) is 0 Å². The Kier molecular flexibility index (Phi) is 4.29. The first-order valence-electron chi connectivity index (χ1n) is 8.08. The van der Waals surface area contributed by atoms with Crippen LogP contribution in [-0.4, -0.2) is 42.2 Å². The molecule has 1 aromatic carbocycles. The SMILES string of the molecule is O=C(Nc1cccnc1N1CCOCC1)c1cc2ccc(Cl)cc2[nH]1. The number of carbonyl (C=O) groups excluding carboxylic acids is 1. The van der Waals surface area contributed by atoms with Crippen LogP contribution < -0.4 is 10.2 Å². The molecule has 0 spiro atoms. The minimum Gasteiger partial charge on any atom is -0.378 e. The smallest absolute Gasteiger partial charge is 0.272 e. The summed E-state index contributed by atoms with van der Waals surface area (Å²) in [5, 5.41) is 4.52. The number of nitrogens with zero attached hydrogens (tertiary/aromatic N) is 2. The molecule has 0 aliphatic carbocycles. The highest BCUT2D eigenvalue weighted by molar-refractivity contribution is 6.31. The summed E-state index contributed by atoms with van der Waals surface area (Å²) in [4.78, 5) is 22.3. The van der Waals surface area contributed by atoms with E-state index in [0.29, 0.717) is 29.6 Å². The first kappa shape index (κ1) is 15.9. The first-order valence-corrected chi connectivity index (χ1v) is 8.46. The fourth-order valence-corrected chi connectivity index (χ4v) is 3.11. The topological polar surface area (TPSA) is 70.2 Å². The fourth-order valence-electron chi connectivity index (χ4n) is 2.93. The zero-order valence-electron chi connectivity index (χ0n) is 13.5. The quantitative estimate of drug-likeness (QED) is 0.755. The molecule has 7 heteroatoms. The second-order valence-electron chi connectivity index (χ2n) is 5.84. The van der Waals surface area contributed by atoms with Gasteiger partial charge in [0, 0.05) is 35.2 Å². The lowest BCUT2D eigenvalue weighted by molar-refractivity contribution is 0.102. The molecule has 0 bridgehead atoms. The Balaban J connectivity index is 1.59. The Morgan fingerprint density at radius 3 is 2.92 bits per heavy atom. The van der Waals surface area contributed by atoms with Crippen LogP contribution in [0.15, 0.2) is 42.6 Å². The minimum atomic E-state index is -0.213. The van der Waals surface area contributed by atoms with Gasteiger partial charge in [0.2, 0.25) is 0 Å². The van der Waals surface area contributed by atoms with Gasteiger partial charge in [-0.15, -0.1) is 0 Å². The van der Waals surface area contributed by atoms with Crippen LogP contribution in [-0.2, 0) is 4.74 Å². The Morgan fingerprint density at radius 1 is 1.24 bits per heavy atom. The lowest BCUT2D eigenvalue weighted by Gasteiger charge is -2.29. The Bertz CT molecular complexity index is 918. The van der Waals surface area contributed by atoms with Crippen LogP contribution in [0.5, 0.6) is 0 Å². The maximum atomic E-state index is 12.7. The highest BCUT2D eigenvalue weighted by Gasteiger charge is 2.18. The number of ether oxygens (including phenoxy) is 1. The highest BCUT2D eigenvalue weighted by Crippen LogP contribution is 2.25. The van der Waals surface area contributed by atoms with E-state index in [1.165, 1.54) is 0 Å². The number of pyridine rings is 1. The van der Waals surface area contributed by atoms with Gasteiger partial charge in [-0.2, -0.15) is 0 Å². The zero-order valence-corrected chi connectivity index (χ0v) is 14.2. The van der Waals surface area contributed by atoms with Gasteiger partial charge in [-0.25, -0.2) is 4.98 Å². The minimum absolute atomic E-state index is 0.213. The number of fused-ring (bicyclic) bond motifs is 1. The predicted molar refractivity (Wildman–Crippen MR) is 98.5 cm³/mol. The largest absolute Gasteiger partial charge is 0.378 e. The molecule has 0 unspecified atom stereocenters. The summed E-state index contributed by atoms with van der Waals surface area (Å²) in [6.07, 6.45) is 1.73. The van der Waals surface area contributed by atoms with Crippen LogP contribution in [0.4, 0.5) is 11.5 Å². The van der Waals surface area contributed by atoms with E-state index >= 15 is 0 Å². The summed E-state index contributed by atoms with van der Waals surface area (Å²) in [5.74, 6) is 0.549. The number of morpholine rings is 1. The van der Waals surface area contributed by atoms with E-state index in [9.17, 15) is 4.79 Å². The summed E-state index contributed by atoms with van der Waals surface area (Å²) in [6, 6.07) is 11.0. The third-order valence-electron chi connectivity index (χ3n) is 4.17. The molecule has 2 aromatic heterocycles. The molecular weight excluding hydrogens is 340 g/mol. The Labute approximate surface area is 149 Å². The molecule has 1 aliphatic rings.